The van der Waals surface area contributed by atoms with Crippen LogP contribution in [0.3, 0.4) is 0 Å². The summed E-state index contributed by atoms with van der Waals surface area (Å²) in [7, 11) is 0.0142. The lowest BCUT2D eigenvalue weighted by Gasteiger charge is -2.14. The first-order valence-corrected chi connectivity index (χ1v) is 4.57. The van der Waals surface area contributed by atoms with E-state index in [1.54, 1.807) is 12.4 Å². The van der Waals surface area contributed by atoms with Gasteiger partial charge in [0.25, 0.3) is 0 Å². The number of nitrogens with zero attached hydrogens (tertiary/aromatic N) is 3. The predicted octanol–water partition coefficient (Wildman–Crippen LogP) is -0.954. The summed E-state index contributed by atoms with van der Waals surface area (Å²) < 4.78 is 0. The average Bonchev–Trinajstić information content (AvgIpc) is 2.71. The number of hydrogen-bond acceptors (Lipinski definition) is 4. The van der Waals surface area contributed by atoms with Gasteiger partial charge in [0.05, 0.1) is 0 Å². The van der Waals surface area contributed by atoms with E-state index in [-0.39, 0.29) is 7.48 Å². The maximum absolute atomic E-state index is 8.80. The van der Waals surface area contributed by atoms with Gasteiger partial charge in [0.15, 0.2) is 0 Å². The molecule has 4 nitrogen and oxygen atoms in total. The van der Waals surface area contributed by atoms with Crippen molar-refractivity contribution in [2.24, 2.45) is 0 Å². The molecule has 0 spiro atoms. The normalized spacial score (nSPS) is 16.2. The van der Waals surface area contributed by atoms with Gasteiger partial charge >= 0.3 is 7.48 Å². The number of anilines is 1. The van der Waals surface area contributed by atoms with Crippen molar-refractivity contribution in [3.05, 3.63) is 12.4 Å². The van der Waals surface area contributed by atoms with Crippen LogP contribution in [0.15, 0.2) is 12.4 Å². The molecule has 0 radical (unpaired) electrons. The summed E-state index contributed by atoms with van der Waals surface area (Å²) in [5, 5.41) is 8.80. The van der Waals surface area contributed by atoms with Gasteiger partial charge in [-0.05, 0) is 18.3 Å². The zero-order valence-electron chi connectivity index (χ0n) is 7.48. The van der Waals surface area contributed by atoms with Crippen molar-refractivity contribution < 1.29 is 5.02 Å². The molecule has 1 aromatic heterocycles. The van der Waals surface area contributed by atoms with Crippen LogP contribution in [-0.2, 0) is 0 Å². The summed E-state index contributed by atoms with van der Waals surface area (Å²) in [5.74, 6) is 0.787. The summed E-state index contributed by atoms with van der Waals surface area (Å²) in [4.78, 5) is 10.5. The van der Waals surface area contributed by atoms with Gasteiger partial charge in [0.1, 0.15) is 0 Å². The second kappa shape index (κ2) is 3.74. The Morgan fingerprint density at radius 2 is 1.85 bits per heavy atom. The Kier molecular flexibility index (Phi) is 2.45. The maximum Gasteiger partial charge on any atom is 0.307 e. The molecule has 2 heterocycles. The molecule has 1 saturated heterocycles. The van der Waals surface area contributed by atoms with Gasteiger partial charge in [0, 0.05) is 25.5 Å². The van der Waals surface area contributed by atoms with Gasteiger partial charge < -0.3 is 9.92 Å². The van der Waals surface area contributed by atoms with E-state index in [9.17, 15) is 0 Å². The second-order valence-corrected chi connectivity index (χ2v) is 3.24. The molecule has 2 rings (SSSR count). The maximum atomic E-state index is 8.80. The van der Waals surface area contributed by atoms with E-state index in [1.165, 1.54) is 12.8 Å². The van der Waals surface area contributed by atoms with Crippen LogP contribution >= 0.6 is 0 Å². The Morgan fingerprint density at radius 3 is 2.38 bits per heavy atom. The van der Waals surface area contributed by atoms with Crippen LogP contribution in [-0.4, -0.2) is 35.6 Å². The van der Waals surface area contributed by atoms with E-state index >= 15 is 0 Å². The molecule has 1 aliphatic rings. The van der Waals surface area contributed by atoms with Crippen molar-refractivity contribution in [3.63, 3.8) is 0 Å². The molecule has 1 aliphatic heterocycles. The van der Waals surface area contributed by atoms with Gasteiger partial charge in [-0.2, -0.15) is 0 Å². The van der Waals surface area contributed by atoms with Crippen LogP contribution in [0.2, 0.25) is 0 Å². The van der Waals surface area contributed by atoms with Crippen LogP contribution in [0.1, 0.15) is 12.8 Å². The molecule has 0 unspecified atom stereocenters. The molecule has 0 aliphatic carbocycles. The van der Waals surface area contributed by atoms with Gasteiger partial charge in [0.2, 0.25) is 5.95 Å². The number of aromatic nitrogens is 2. The quantitative estimate of drug-likeness (QED) is 0.591. The highest BCUT2D eigenvalue weighted by Crippen LogP contribution is 2.13. The summed E-state index contributed by atoms with van der Waals surface area (Å²) >= 11 is 0. The molecule has 1 fully saturated rings. The Bertz CT molecular complexity index is 271. The van der Waals surface area contributed by atoms with E-state index in [0.717, 1.165) is 24.5 Å². The van der Waals surface area contributed by atoms with Crippen molar-refractivity contribution in [2.45, 2.75) is 12.8 Å². The average molecular weight is 177 g/mol. The minimum atomic E-state index is 0.0142. The lowest BCUT2D eigenvalue weighted by Crippen LogP contribution is -2.23. The van der Waals surface area contributed by atoms with Gasteiger partial charge in [-0.15, -0.1) is 0 Å². The van der Waals surface area contributed by atoms with Gasteiger partial charge in [-0.25, -0.2) is 9.97 Å². The second-order valence-electron chi connectivity index (χ2n) is 3.24. The van der Waals surface area contributed by atoms with Gasteiger partial charge in [-0.3, -0.25) is 0 Å². The first-order chi connectivity index (χ1) is 6.40. The topological polar surface area (TPSA) is 49.3 Å². The molecule has 0 saturated carbocycles. The fraction of sp³-hybridized carbons (Fsp3) is 0.500. The van der Waals surface area contributed by atoms with Crippen molar-refractivity contribution in [3.8, 4) is 0 Å². The Morgan fingerprint density at radius 1 is 1.23 bits per heavy atom. The van der Waals surface area contributed by atoms with Crippen molar-refractivity contribution in [2.75, 3.05) is 18.0 Å². The number of rotatable bonds is 2. The Labute approximate surface area is 77.9 Å². The van der Waals surface area contributed by atoms with Crippen molar-refractivity contribution in [1.82, 2.24) is 9.97 Å². The molecular weight excluding hydrogens is 165 g/mol. The van der Waals surface area contributed by atoms with Gasteiger partial charge in [-0.1, -0.05) is 0 Å². The van der Waals surface area contributed by atoms with E-state index in [1.807, 2.05) is 0 Å². The fourth-order valence-corrected chi connectivity index (χ4v) is 1.51. The smallest absolute Gasteiger partial charge is 0.307 e. The minimum Gasteiger partial charge on any atom is -0.449 e. The Hall–Kier alpha value is -1.10. The monoisotopic (exact) mass is 177 g/mol. The summed E-state index contributed by atoms with van der Waals surface area (Å²) in [5.41, 5.74) is 0.767. The highest BCUT2D eigenvalue weighted by atomic mass is 16.2. The SMILES string of the molecule is OBc1cnc(N2CCCC2)nc1. The third kappa shape index (κ3) is 1.80. The molecule has 0 aromatic carbocycles. The van der Waals surface area contributed by atoms with E-state index in [2.05, 4.69) is 14.9 Å². The highest BCUT2D eigenvalue weighted by molar-refractivity contribution is 6.45. The molecule has 1 aromatic rings. The largest absolute Gasteiger partial charge is 0.449 e. The van der Waals surface area contributed by atoms with E-state index < -0.39 is 0 Å². The lowest BCUT2D eigenvalue weighted by atomic mass is 9.92. The molecular formula is C8H12BN3O. The first kappa shape index (κ1) is 8.50. The molecule has 0 amide bonds. The molecule has 5 heteroatoms. The summed E-state index contributed by atoms with van der Waals surface area (Å²) in [6.07, 6.45) is 5.82. The zero-order valence-corrected chi connectivity index (χ0v) is 7.48. The first-order valence-electron chi connectivity index (χ1n) is 4.57. The highest BCUT2D eigenvalue weighted by Gasteiger charge is 2.14. The third-order valence-electron chi connectivity index (χ3n) is 2.26. The summed E-state index contributed by atoms with van der Waals surface area (Å²) in [6, 6.07) is 0. The summed E-state index contributed by atoms with van der Waals surface area (Å²) in [6.45, 7) is 2.11. The van der Waals surface area contributed by atoms with Crippen LogP contribution in [0.25, 0.3) is 0 Å². The van der Waals surface area contributed by atoms with E-state index in [4.69, 9.17) is 5.02 Å². The number of hydrogen-bond donors (Lipinski definition) is 1. The standard InChI is InChI=1S/C8H12BN3O/c13-9-7-5-10-8(11-6-7)12-3-1-2-4-12/h5-6,9,13H,1-4H2. The predicted molar refractivity (Wildman–Crippen MR) is 52.5 cm³/mol. The van der Waals surface area contributed by atoms with Crippen LogP contribution in [0.5, 0.6) is 0 Å². The lowest BCUT2D eigenvalue weighted by molar-refractivity contribution is 0.615. The fourth-order valence-electron chi connectivity index (χ4n) is 1.51. The van der Waals surface area contributed by atoms with Crippen LogP contribution < -0.4 is 10.4 Å². The minimum absolute atomic E-state index is 0.0142. The molecule has 1 N–H and O–H groups in total. The molecule has 0 bridgehead atoms. The van der Waals surface area contributed by atoms with E-state index in [0.29, 0.717) is 0 Å². The van der Waals surface area contributed by atoms with Crippen molar-refractivity contribution in [1.29, 1.82) is 0 Å². The van der Waals surface area contributed by atoms with Crippen LogP contribution in [0, 0.1) is 0 Å². The molecule has 13 heavy (non-hydrogen) atoms. The zero-order chi connectivity index (χ0) is 9.10. The Balaban J connectivity index is 2.12. The molecule has 0 atom stereocenters. The molecule has 68 valence electrons. The van der Waals surface area contributed by atoms with Crippen molar-refractivity contribution >= 4 is 18.9 Å². The third-order valence-corrected chi connectivity index (χ3v) is 2.26. The van der Waals surface area contributed by atoms with Crippen LogP contribution in [0.4, 0.5) is 5.95 Å².